The van der Waals surface area contributed by atoms with Gasteiger partial charge in [-0.25, -0.2) is 9.79 Å². The first-order valence-corrected chi connectivity index (χ1v) is 4.93. The Bertz CT molecular complexity index is 452. The molecule has 84 valence electrons. The van der Waals surface area contributed by atoms with E-state index in [-0.39, 0.29) is 5.57 Å². The molecule has 0 spiro atoms. The number of methoxy groups -OCH3 is 2. The molecule has 0 saturated carbocycles. The average molecular weight is 237 g/mol. The Balaban J connectivity index is 3.38. The lowest BCUT2D eigenvalue weighted by molar-refractivity contribution is 0.233. The van der Waals surface area contributed by atoms with E-state index >= 15 is 0 Å². The molecule has 0 heterocycles. The standard InChI is InChI=1S/C11H11NO3S/c1-7-4-9(14-2)11(15-3)8(5-13)10(7)12-6-16/h4,10H,1-3H3. The molecule has 0 N–H and O–H groups in total. The molecule has 0 aliphatic heterocycles. The van der Waals surface area contributed by atoms with Crippen LogP contribution in [0.1, 0.15) is 6.92 Å². The number of carbonyl (C=O) groups excluding carboxylic acids is 1. The monoisotopic (exact) mass is 237 g/mol. The van der Waals surface area contributed by atoms with Crippen LogP contribution in [-0.2, 0) is 14.3 Å². The molecule has 4 nitrogen and oxygen atoms in total. The van der Waals surface area contributed by atoms with E-state index in [1.165, 1.54) is 14.2 Å². The van der Waals surface area contributed by atoms with Crippen molar-refractivity contribution < 1.29 is 14.3 Å². The number of rotatable bonds is 3. The Morgan fingerprint density at radius 3 is 2.56 bits per heavy atom. The van der Waals surface area contributed by atoms with Crippen LogP contribution in [0.5, 0.6) is 0 Å². The van der Waals surface area contributed by atoms with Gasteiger partial charge in [-0.3, -0.25) is 0 Å². The Hall–Kier alpha value is -1.67. The maximum Gasteiger partial charge on any atom is 0.177 e. The highest BCUT2D eigenvalue weighted by Gasteiger charge is 2.28. The van der Waals surface area contributed by atoms with Crippen molar-refractivity contribution in [3.05, 3.63) is 28.7 Å². The summed E-state index contributed by atoms with van der Waals surface area (Å²) in [4.78, 5) is 14.9. The molecule has 1 unspecified atom stereocenters. The third kappa shape index (κ3) is 2.12. The number of hydrogen-bond acceptors (Lipinski definition) is 5. The summed E-state index contributed by atoms with van der Waals surface area (Å²) in [5.74, 6) is 2.63. The lowest BCUT2D eigenvalue weighted by atomic mass is 9.94. The number of aliphatic imine (C=N–C) groups is 1. The van der Waals surface area contributed by atoms with Gasteiger partial charge in [-0.05, 0) is 30.8 Å². The average Bonchev–Trinajstić information content (AvgIpc) is 2.30. The molecule has 16 heavy (non-hydrogen) atoms. The van der Waals surface area contributed by atoms with Crippen LogP contribution in [0.4, 0.5) is 0 Å². The maximum absolute atomic E-state index is 10.9. The molecule has 0 amide bonds. The summed E-state index contributed by atoms with van der Waals surface area (Å²) < 4.78 is 10.2. The van der Waals surface area contributed by atoms with Crippen molar-refractivity contribution in [1.82, 2.24) is 0 Å². The Labute approximate surface area is 99.0 Å². The first kappa shape index (κ1) is 12.4. The highest BCUT2D eigenvalue weighted by atomic mass is 32.1. The molecule has 1 aliphatic rings. The van der Waals surface area contributed by atoms with E-state index in [9.17, 15) is 4.79 Å². The van der Waals surface area contributed by atoms with E-state index in [0.717, 1.165) is 5.57 Å². The van der Waals surface area contributed by atoms with Crippen molar-refractivity contribution in [2.24, 2.45) is 4.99 Å². The molecule has 0 aromatic rings. The SMILES string of the molecule is COC1=C(OC)C(=C=O)C(N=C=S)C(C)=C1. The predicted molar refractivity (Wildman–Crippen MR) is 62.8 cm³/mol. The van der Waals surface area contributed by atoms with E-state index in [4.69, 9.17) is 9.47 Å². The third-order valence-corrected chi connectivity index (χ3v) is 2.35. The number of hydrogen-bond donors (Lipinski definition) is 0. The van der Waals surface area contributed by atoms with Crippen molar-refractivity contribution in [3.63, 3.8) is 0 Å². The lowest BCUT2D eigenvalue weighted by Gasteiger charge is -2.21. The smallest absolute Gasteiger partial charge is 0.177 e. The predicted octanol–water partition coefficient (Wildman–Crippen LogP) is 1.68. The summed E-state index contributed by atoms with van der Waals surface area (Å²) in [6.45, 7) is 1.82. The Kier molecular flexibility index (Phi) is 4.20. The summed E-state index contributed by atoms with van der Waals surface area (Å²) in [5.41, 5.74) is 1.10. The van der Waals surface area contributed by atoms with Crippen LogP contribution in [0.15, 0.2) is 33.7 Å². The molecule has 0 fully saturated rings. The number of isothiocyanates is 1. The van der Waals surface area contributed by atoms with E-state index in [1.807, 2.05) is 12.9 Å². The minimum Gasteiger partial charge on any atom is -0.493 e. The lowest BCUT2D eigenvalue weighted by Crippen LogP contribution is -2.19. The largest absolute Gasteiger partial charge is 0.493 e. The van der Waals surface area contributed by atoms with E-state index < -0.39 is 6.04 Å². The van der Waals surface area contributed by atoms with Gasteiger partial charge < -0.3 is 9.47 Å². The summed E-state index contributed by atoms with van der Waals surface area (Å²) in [5, 5.41) is 2.26. The van der Waals surface area contributed by atoms with Gasteiger partial charge in [-0.15, -0.1) is 0 Å². The van der Waals surface area contributed by atoms with E-state index in [2.05, 4.69) is 22.4 Å². The molecular weight excluding hydrogens is 226 g/mol. The fourth-order valence-corrected chi connectivity index (χ4v) is 1.62. The van der Waals surface area contributed by atoms with Crippen molar-refractivity contribution in [3.8, 4) is 0 Å². The van der Waals surface area contributed by atoms with Crippen molar-refractivity contribution in [2.45, 2.75) is 13.0 Å². The molecule has 1 atom stereocenters. The minimum absolute atomic E-state index is 0.275. The summed E-state index contributed by atoms with van der Waals surface area (Å²) in [6, 6.07) is -0.483. The zero-order valence-electron chi connectivity index (χ0n) is 9.23. The van der Waals surface area contributed by atoms with Crippen molar-refractivity contribution in [1.29, 1.82) is 0 Å². The molecule has 0 aromatic carbocycles. The highest BCUT2D eigenvalue weighted by molar-refractivity contribution is 7.78. The number of ether oxygens (including phenoxy) is 2. The van der Waals surface area contributed by atoms with Crippen LogP contribution in [0.3, 0.4) is 0 Å². The van der Waals surface area contributed by atoms with Crippen molar-refractivity contribution >= 4 is 23.3 Å². The molecule has 1 rings (SSSR count). The van der Waals surface area contributed by atoms with Gasteiger partial charge in [-0.1, -0.05) is 0 Å². The molecule has 1 aliphatic carbocycles. The fourth-order valence-electron chi connectivity index (χ4n) is 1.52. The molecule has 0 radical (unpaired) electrons. The van der Waals surface area contributed by atoms with Crippen LogP contribution in [0.2, 0.25) is 0 Å². The zero-order chi connectivity index (χ0) is 12.1. The molecule has 5 heteroatoms. The van der Waals surface area contributed by atoms with Crippen LogP contribution < -0.4 is 0 Å². The van der Waals surface area contributed by atoms with Gasteiger partial charge in [-0.2, -0.15) is 0 Å². The number of nitrogens with zero attached hydrogens (tertiary/aromatic N) is 1. The van der Waals surface area contributed by atoms with Gasteiger partial charge in [0.05, 0.1) is 19.4 Å². The van der Waals surface area contributed by atoms with Gasteiger partial charge in [0, 0.05) is 0 Å². The first-order valence-electron chi connectivity index (χ1n) is 4.52. The minimum atomic E-state index is -0.483. The van der Waals surface area contributed by atoms with E-state index in [0.29, 0.717) is 11.5 Å². The second-order valence-corrected chi connectivity index (χ2v) is 3.31. The molecule has 0 aromatic heterocycles. The molecule has 0 bridgehead atoms. The summed E-state index contributed by atoms with van der Waals surface area (Å²) in [7, 11) is 2.96. The third-order valence-electron chi connectivity index (χ3n) is 2.25. The maximum atomic E-state index is 10.9. The quantitative estimate of drug-likeness (QED) is 0.425. The van der Waals surface area contributed by atoms with E-state index in [1.54, 1.807) is 6.08 Å². The Morgan fingerprint density at radius 2 is 2.12 bits per heavy atom. The number of allylic oxidation sites excluding steroid dienone is 1. The van der Waals surface area contributed by atoms with Crippen LogP contribution in [-0.4, -0.2) is 31.4 Å². The Morgan fingerprint density at radius 1 is 1.44 bits per heavy atom. The highest BCUT2D eigenvalue weighted by Crippen LogP contribution is 2.30. The van der Waals surface area contributed by atoms with Crippen LogP contribution in [0.25, 0.3) is 0 Å². The van der Waals surface area contributed by atoms with Gasteiger partial charge in [0.1, 0.15) is 17.6 Å². The number of thiocarbonyl (C=S) groups is 1. The van der Waals surface area contributed by atoms with Gasteiger partial charge >= 0.3 is 0 Å². The van der Waals surface area contributed by atoms with Crippen LogP contribution >= 0.6 is 12.2 Å². The summed E-state index contributed by atoms with van der Waals surface area (Å²) in [6.07, 6.45) is 1.75. The second-order valence-electron chi connectivity index (χ2n) is 3.13. The van der Waals surface area contributed by atoms with Crippen molar-refractivity contribution in [2.75, 3.05) is 14.2 Å². The zero-order valence-corrected chi connectivity index (χ0v) is 10.1. The van der Waals surface area contributed by atoms with Crippen LogP contribution in [0, 0.1) is 0 Å². The molecular formula is C11H11NO3S. The van der Waals surface area contributed by atoms with Gasteiger partial charge in [0.2, 0.25) is 0 Å². The first-order chi connectivity index (χ1) is 7.69. The summed E-state index contributed by atoms with van der Waals surface area (Å²) >= 11 is 4.54. The fraction of sp³-hybridized carbons (Fsp3) is 0.364. The normalized spacial score (nSPS) is 19.6. The second kappa shape index (κ2) is 5.42. The molecule has 0 saturated heterocycles. The van der Waals surface area contributed by atoms with Gasteiger partial charge in [0.15, 0.2) is 11.5 Å². The topological polar surface area (TPSA) is 47.9 Å². The van der Waals surface area contributed by atoms with Gasteiger partial charge in [0.25, 0.3) is 0 Å².